The van der Waals surface area contributed by atoms with Crippen molar-refractivity contribution in [1.82, 2.24) is 19.4 Å². The van der Waals surface area contributed by atoms with Gasteiger partial charge in [0.1, 0.15) is 12.6 Å². The maximum Gasteiger partial charge on any atom is 0.323 e. The Hall–Kier alpha value is -2.99. The lowest BCUT2D eigenvalue weighted by molar-refractivity contribution is -0.146. The number of hydrogen-bond acceptors (Lipinski definition) is 6. The van der Waals surface area contributed by atoms with E-state index in [9.17, 15) is 32.7 Å². The quantitative estimate of drug-likeness (QED) is 0.434. The Bertz CT molecular complexity index is 976. The highest BCUT2D eigenvalue weighted by atomic mass is 32.2. The zero-order valence-corrected chi connectivity index (χ0v) is 20.3. The second-order valence-electron chi connectivity index (χ2n) is 8.16. The molecule has 2 N–H and O–H groups in total. The molecule has 1 saturated heterocycles. The monoisotopic (exact) mass is 496 g/mol. The number of sulfonamides is 1. The van der Waals surface area contributed by atoms with E-state index in [1.165, 1.54) is 11.8 Å². The van der Waals surface area contributed by atoms with Crippen LogP contribution in [0.3, 0.4) is 0 Å². The molecule has 0 saturated carbocycles. The van der Waals surface area contributed by atoms with Crippen LogP contribution in [-0.2, 0) is 35.0 Å². The summed E-state index contributed by atoms with van der Waals surface area (Å²) in [7, 11) is -4.02. The molecule has 1 fully saturated rings. The lowest BCUT2D eigenvalue weighted by Crippen LogP contribution is -2.54. The smallest absolute Gasteiger partial charge is 0.323 e. The van der Waals surface area contributed by atoms with Crippen LogP contribution < -0.4 is 4.72 Å². The summed E-state index contributed by atoms with van der Waals surface area (Å²) < 4.78 is 28.0. The second kappa shape index (κ2) is 12.5. The van der Waals surface area contributed by atoms with Gasteiger partial charge in [-0.25, -0.2) is 13.1 Å². The number of carboxylic acids is 1. The standard InChI is InChI=1S/C22H32N4O7S/c1-3-9-26(15-21(29)30)22(31)19(23-34(32,33)16-18-7-5-4-6-8-18)14-20(28)25-12-10-24(11-13-25)17(2)27/h4-8,19,23H,3,9-16H2,1-2H3,(H,29,30). The third-order valence-electron chi connectivity index (χ3n) is 5.41. The summed E-state index contributed by atoms with van der Waals surface area (Å²) in [6, 6.07) is 6.93. The summed E-state index contributed by atoms with van der Waals surface area (Å²) in [5.41, 5.74) is 0.504. The molecule has 0 spiro atoms. The van der Waals surface area contributed by atoms with Crippen molar-refractivity contribution in [2.75, 3.05) is 39.3 Å². The second-order valence-corrected chi connectivity index (χ2v) is 9.91. The van der Waals surface area contributed by atoms with Crippen LogP contribution in [0.2, 0.25) is 0 Å². The largest absolute Gasteiger partial charge is 0.480 e. The van der Waals surface area contributed by atoms with Crippen molar-refractivity contribution in [3.8, 4) is 0 Å². The van der Waals surface area contributed by atoms with E-state index in [0.717, 1.165) is 4.90 Å². The van der Waals surface area contributed by atoms with Gasteiger partial charge in [-0.05, 0) is 12.0 Å². The van der Waals surface area contributed by atoms with Gasteiger partial charge in [-0.15, -0.1) is 0 Å². The van der Waals surface area contributed by atoms with E-state index in [1.807, 2.05) is 0 Å². The number of carbonyl (C=O) groups is 4. The van der Waals surface area contributed by atoms with Gasteiger partial charge >= 0.3 is 5.97 Å². The highest BCUT2D eigenvalue weighted by molar-refractivity contribution is 7.88. The summed E-state index contributed by atoms with van der Waals surface area (Å²) in [4.78, 5) is 53.0. The van der Waals surface area contributed by atoms with Gasteiger partial charge in [0.25, 0.3) is 0 Å². The van der Waals surface area contributed by atoms with Gasteiger partial charge in [-0.3, -0.25) is 19.2 Å². The van der Waals surface area contributed by atoms with Crippen molar-refractivity contribution in [1.29, 1.82) is 0 Å². The van der Waals surface area contributed by atoms with E-state index in [-0.39, 0.29) is 25.5 Å². The Morgan fingerprint density at radius 2 is 1.65 bits per heavy atom. The minimum absolute atomic E-state index is 0.0993. The normalized spacial score (nSPS) is 15.0. The molecule has 0 bridgehead atoms. The minimum atomic E-state index is -4.02. The Balaban J connectivity index is 2.20. The van der Waals surface area contributed by atoms with Gasteiger partial charge in [0.15, 0.2) is 0 Å². The highest BCUT2D eigenvalue weighted by Gasteiger charge is 2.33. The number of benzene rings is 1. The average molecular weight is 497 g/mol. The van der Waals surface area contributed by atoms with Gasteiger partial charge in [0, 0.05) is 39.6 Å². The first-order chi connectivity index (χ1) is 16.0. The van der Waals surface area contributed by atoms with E-state index >= 15 is 0 Å². The number of carboxylic acid groups (broad SMARTS) is 1. The number of nitrogens with zero attached hydrogens (tertiary/aromatic N) is 3. The molecule has 1 aromatic carbocycles. The first-order valence-electron chi connectivity index (χ1n) is 11.1. The van der Waals surface area contributed by atoms with E-state index in [2.05, 4.69) is 4.72 Å². The zero-order valence-electron chi connectivity index (χ0n) is 19.5. The highest BCUT2D eigenvalue weighted by Crippen LogP contribution is 2.12. The number of aliphatic carboxylic acids is 1. The molecule has 1 unspecified atom stereocenters. The van der Waals surface area contributed by atoms with Crippen LogP contribution in [0, 0.1) is 0 Å². The number of carbonyl (C=O) groups excluding carboxylic acids is 3. The Morgan fingerprint density at radius 3 is 2.18 bits per heavy atom. The Labute approximate surface area is 199 Å². The van der Waals surface area contributed by atoms with Crippen molar-refractivity contribution in [3.05, 3.63) is 35.9 Å². The minimum Gasteiger partial charge on any atom is -0.480 e. The SMILES string of the molecule is CCCN(CC(=O)O)C(=O)C(CC(=O)N1CCN(C(C)=O)CC1)NS(=O)(=O)Cc1ccccc1. The Morgan fingerprint density at radius 1 is 1.06 bits per heavy atom. The summed E-state index contributed by atoms with van der Waals surface area (Å²) in [5.74, 6) is -2.94. The molecule has 0 aromatic heterocycles. The number of hydrogen-bond donors (Lipinski definition) is 2. The molecular formula is C22H32N4O7S. The van der Waals surface area contributed by atoms with Crippen molar-refractivity contribution in [3.63, 3.8) is 0 Å². The van der Waals surface area contributed by atoms with Crippen LogP contribution >= 0.6 is 0 Å². The summed E-state index contributed by atoms with van der Waals surface area (Å²) in [6.07, 6.45) is 0.0101. The molecule has 11 nitrogen and oxygen atoms in total. The molecule has 1 atom stereocenters. The zero-order chi connectivity index (χ0) is 25.3. The third kappa shape index (κ3) is 8.41. The molecule has 3 amide bonds. The van der Waals surface area contributed by atoms with Gasteiger partial charge in [-0.2, -0.15) is 0 Å². The summed E-state index contributed by atoms with van der Waals surface area (Å²) >= 11 is 0. The Kier molecular flexibility index (Phi) is 9.99. The van der Waals surface area contributed by atoms with Gasteiger partial charge in [-0.1, -0.05) is 37.3 Å². The number of rotatable bonds is 11. The predicted molar refractivity (Wildman–Crippen MR) is 124 cm³/mol. The molecule has 12 heteroatoms. The van der Waals surface area contributed by atoms with E-state index in [4.69, 9.17) is 0 Å². The molecule has 0 aliphatic carbocycles. The third-order valence-corrected chi connectivity index (χ3v) is 6.76. The molecule has 2 rings (SSSR count). The maximum atomic E-state index is 13.2. The van der Waals surface area contributed by atoms with Crippen LogP contribution in [0.1, 0.15) is 32.3 Å². The van der Waals surface area contributed by atoms with Crippen LogP contribution in [0.5, 0.6) is 0 Å². The average Bonchev–Trinajstić information content (AvgIpc) is 2.77. The van der Waals surface area contributed by atoms with Crippen LogP contribution in [0.25, 0.3) is 0 Å². The molecule has 1 aromatic rings. The van der Waals surface area contributed by atoms with Gasteiger partial charge < -0.3 is 19.8 Å². The molecule has 0 radical (unpaired) electrons. The fourth-order valence-electron chi connectivity index (χ4n) is 3.73. The summed E-state index contributed by atoms with van der Waals surface area (Å²) in [5, 5.41) is 9.18. The molecule has 1 aliphatic heterocycles. The number of piperazine rings is 1. The van der Waals surface area contributed by atoms with Gasteiger partial charge in [0.2, 0.25) is 27.7 Å². The van der Waals surface area contributed by atoms with E-state index in [0.29, 0.717) is 25.1 Å². The fraction of sp³-hybridized carbons (Fsp3) is 0.545. The van der Waals surface area contributed by atoms with Crippen LogP contribution in [0.4, 0.5) is 0 Å². The molecule has 1 heterocycles. The van der Waals surface area contributed by atoms with Crippen molar-refractivity contribution in [2.24, 2.45) is 0 Å². The van der Waals surface area contributed by atoms with Crippen LogP contribution in [-0.4, -0.2) is 97.2 Å². The number of amides is 3. The topological polar surface area (TPSA) is 144 Å². The number of nitrogens with one attached hydrogen (secondary N) is 1. The van der Waals surface area contributed by atoms with Crippen LogP contribution in [0.15, 0.2) is 30.3 Å². The fourth-order valence-corrected chi connectivity index (χ4v) is 5.06. The maximum absolute atomic E-state index is 13.2. The summed E-state index contributed by atoms with van der Waals surface area (Å²) in [6.45, 7) is 3.94. The van der Waals surface area contributed by atoms with Gasteiger partial charge in [0.05, 0.1) is 12.2 Å². The van der Waals surface area contributed by atoms with E-state index < -0.39 is 52.6 Å². The van der Waals surface area contributed by atoms with Crippen molar-refractivity contribution < 1.29 is 32.7 Å². The van der Waals surface area contributed by atoms with Crippen molar-refractivity contribution in [2.45, 2.75) is 38.5 Å². The van der Waals surface area contributed by atoms with Crippen molar-refractivity contribution >= 4 is 33.7 Å². The molecule has 188 valence electrons. The predicted octanol–water partition coefficient (Wildman–Crippen LogP) is -0.121. The lowest BCUT2D eigenvalue weighted by Gasteiger charge is -2.35. The first kappa shape index (κ1) is 27.3. The molecule has 1 aliphatic rings. The molecular weight excluding hydrogens is 464 g/mol. The lowest BCUT2D eigenvalue weighted by atomic mass is 10.1. The van der Waals surface area contributed by atoms with E-state index in [1.54, 1.807) is 42.2 Å². The first-order valence-corrected chi connectivity index (χ1v) is 12.8. The molecule has 34 heavy (non-hydrogen) atoms.